The van der Waals surface area contributed by atoms with Crippen molar-refractivity contribution in [3.05, 3.63) is 47.5 Å². The Morgan fingerprint density at radius 2 is 1.78 bits per heavy atom. The molecule has 0 spiro atoms. The molecule has 5 nitrogen and oxygen atoms in total. The molecule has 3 rings (SSSR count). The summed E-state index contributed by atoms with van der Waals surface area (Å²) in [4.78, 5) is 12.0. The Bertz CT molecular complexity index is 721. The van der Waals surface area contributed by atoms with Gasteiger partial charge in [0.2, 0.25) is 0 Å². The van der Waals surface area contributed by atoms with E-state index in [1.54, 1.807) is 31.4 Å². The van der Waals surface area contributed by atoms with Crippen LogP contribution < -0.4 is 14.2 Å². The third-order valence-corrected chi connectivity index (χ3v) is 3.70. The molecule has 5 heteroatoms. The Hall–Kier alpha value is -2.69. The maximum absolute atomic E-state index is 12.0. The molecule has 1 aliphatic heterocycles. The molecule has 0 saturated carbocycles. The molecule has 1 atom stereocenters. The lowest BCUT2D eigenvalue weighted by Crippen LogP contribution is -2.07. The van der Waals surface area contributed by atoms with Crippen molar-refractivity contribution in [1.29, 1.82) is 0 Å². The average molecular weight is 314 g/mol. The van der Waals surface area contributed by atoms with Gasteiger partial charge in [0.15, 0.2) is 0 Å². The minimum Gasteiger partial charge on any atom is -0.497 e. The van der Waals surface area contributed by atoms with Gasteiger partial charge >= 0.3 is 5.97 Å². The van der Waals surface area contributed by atoms with Crippen molar-refractivity contribution in [3.63, 3.8) is 0 Å². The van der Waals surface area contributed by atoms with Crippen LogP contribution in [0.4, 0.5) is 0 Å². The Morgan fingerprint density at radius 3 is 2.43 bits per heavy atom. The molecule has 0 aliphatic carbocycles. The number of ether oxygens (including phenoxy) is 4. The molecule has 23 heavy (non-hydrogen) atoms. The van der Waals surface area contributed by atoms with Crippen LogP contribution in [0.2, 0.25) is 0 Å². The summed E-state index contributed by atoms with van der Waals surface area (Å²) in [5.41, 5.74) is 1.35. The van der Waals surface area contributed by atoms with E-state index in [0.29, 0.717) is 29.2 Å². The van der Waals surface area contributed by atoms with E-state index in [9.17, 15) is 4.79 Å². The largest absolute Gasteiger partial charge is 0.497 e. The van der Waals surface area contributed by atoms with Crippen LogP contribution >= 0.6 is 0 Å². The first kappa shape index (κ1) is 15.2. The van der Waals surface area contributed by atoms with E-state index >= 15 is 0 Å². The van der Waals surface area contributed by atoms with Gasteiger partial charge in [-0.15, -0.1) is 0 Å². The molecular formula is C18H18O5. The predicted molar refractivity (Wildman–Crippen MR) is 84.6 cm³/mol. The predicted octanol–water partition coefficient (Wildman–Crippen LogP) is 3.60. The monoisotopic (exact) mass is 314 g/mol. The number of rotatable bonds is 4. The van der Waals surface area contributed by atoms with Gasteiger partial charge in [0.05, 0.1) is 19.8 Å². The fraction of sp³-hybridized carbons (Fsp3) is 0.278. The number of carbonyl (C=O) groups excluding carboxylic acids is 1. The molecule has 1 unspecified atom stereocenters. The number of carbonyl (C=O) groups is 1. The van der Waals surface area contributed by atoms with Crippen LogP contribution in [0.25, 0.3) is 0 Å². The molecule has 0 amide bonds. The van der Waals surface area contributed by atoms with E-state index in [1.165, 1.54) is 7.11 Å². The van der Waals surface area contributed by atoms with Crippen LogP contribution in [0.3, 0.4) is 0 Å². The summed E-state index contributed by atoms with van der Waals surface area (Å²) in [6, 6.07) is 10.7. The van der Waals surface area contributed by atoms with E-state index in [0.717, 1.165) is 11.3 Å². The zero-order valence-electron chi connectivity index (χ0n) is 13.3. The van der Waals surface area contributed by atoms with E-state index in [4.69, 9.17) is 18.9 Å². The molecule has 0 fully saturated rings. The second-order valence-electron chi connectivity index (χ2n) is 5.35. The van der Waals surface area contributed by atoms with E-state index in [2.05, 4.69) is 0 Å². The lowest BCUT2D eigenvalue weighted by Gasteiger charge is -2.11. The normalized spacial score (nSPS) is 15.5. The lowest BCUT2D eigenvalue weighted by molar-refractivity contribution is 0.0599. The highest BCUT2D eigenvalue weighted by Crippen LogP contribution is 2.37. The third kappa shape index (κ3) is 3.08. The highest BCUT2D eigenvalue weighted by atomic mass is 16.5. The number of hydrogen-bond acceptors (Lipinski definition) is 5. The number of fused-ring (bicyclic) bond motifs is 1. The average Bonchev–Trinajstić information content (AvgIpc) is 2.94. The lowest BCUT2D eigenvalue weighted by atomic mass is 10.0. The molecular weight excluding hydrogens is 296 g/mol. The van der Waals surface area contributed by atoms with Gasteiger partial charge in [-0.25, -0.2) is 4.79 Å². The number of methoxy groups -OCH3 is 2. The van der Waals surface area contributed by atoms with Crippen LogP contribution in [0.1, 0.15) is 22.8 Å². The third-order valence-electron chi connectivity index (χ3n) is 3.70. The van der Waals surface area contributed by atoms with Crippen molar-refractivity contribution in [2.75, 3.05) is 14.2 Å². The molecule has 0 bridgehead atoms. The van der Waals surface area contributed by atoms with Gasteiger partial charge in [-0.2, -0.15) is 0 Å². The van der Waals surface area contributed by atoms with Crippen LogP contribution in [-0.2, 0) is 11.2 Å². The van der Waals surface area contributed by atoms with Crippen LogP contribution in [-0.4, -0.2) is 26.3 Å². The van der Waals surface area contributed by atoms with Gasteiger partial charge in [-0.1, -0.05) is 0 Å². The first-order chi connectivity index (χ1) is 11.1. The van der Waals surface area contributed by atoms with Crippen LogP contribution in [0, 0.1) is 0 Å². The van der Waals surface area contributed by atoms with Crippen molar-refractivity contribution in [2.45, 2.75) is 19.4 Å². The van der Waals surface area contributed by atoms with Crippen LogP contribution in [0.15, 0.2) is 36.4 Å². The summed E-state index contributed by atoms with van der Waals surface area (Å²) in [5, 5.41) is 0. The minimum atomic E-state index is -0.390. The van der Waals surface area contributed by atoms with Gasteiger partial charge < -0.3 is 18.9 Å². The molecule has 1 heterocycles. The van der Waals surface area contributed by atoms with E-state index < -0.39 is 0 Å². The SMILES string of the molecule is COC(=O)c1cc(Oc2ccc(OC)cc2)cc2c1CC(C)O2. The van der Waals surface area contributed by atoms with Crippen molar-refractivity contribution >= 4 is 5.97 Å². The molecule has 1 aliphatic rings. The van der Waals surface area contributed by atoms with Crippen LogP contribution in [0.5, 0.6) is 23.0 Å². The van der Waals surface area contributed by atoms with Gasteiger partial charge in [0, 0.05) is 18.1 Å². The Morgan fingerprint density at radius 1 is 1.09 bits per heavy atom. The molecule has 2 aromatic carbocycles. The Kier molecular flexibility index (Phi) is 4.10. The summed E-state index contributed by atoms with van der Waals surface area (Å²) in [7, 11) is 2.97. The van der Waals surface area contributed by atoms with Crippen molar-refractivity contribution in [2.24, 2.45) is 0 Å². The van der Waals surface area contributed by atoms with E-state index in [-0.39, 0.29) is 12.1 Å². The van der Waals surface area contributed by atoms with Gasteiger partial charge in [-0.3, -0.25) is 0 Å². The second kappa shape index (κ2) is 6.20. The fourth-order valence-corrected chi connectivity index (χ4v) is 2.61. The van der Waals surface area contributed by atoms with Gasteiger partial charge in [0.25, 0.3) is 0 Å². The summed E-state index contributed by atoms with van der Waals surface area (Å²) in [6.45, 7) is 1.96. The van der Waals surface area contributed by atoms with Gasteiger partial charge in [-0.05, 0) is 37.3 Å². The summed E-state index contributed by atoms with van der Waals surface area (Å²) < 4.78 is 21.6. The zero-order valence-corrected chi connectivity index (χ0v) is 13.3. The zero-order chi connectivity index (χ0) is 16.4. The van der Waals surface area contributed by atoms with Crippen molar-refractivity contribution in [1.82, 2.24) is 0 Å². The summed E-state index contributed by atoms with van der Waals surface area (Å²) in [5.74, 6) is 2.21. The summed E-state index contributed by atoms with van der Waals surface area (Å²) in [6.07, 6.45) is 0.715. The standard InChI is InChI=1S/C18H18O5/c1-11-8-15-16(18(19)21-3)9-14(10-17(15)22-11)23-13-6-4-12(20-2)5-7-13/h4-7,9-11H,8H2,1-3H3. The molecule has 2 aromatic rings. The highest BCUT2D eigenvalue weighted by Gasteiger charge is 2.27. The fourth-order valence-electron chi connectivity index (χ4n) is 2.61. The van der Waals surface area contributed by atoms with Crippen molar-refractivity contribution in [3.8, 4) is 23.0 Å². The smallest absolute Gasteiger partial charge is 0.338 e. The molecule has 120 valence electrons. The second-order valence-corrected chi connectivity index (χ2v) is 5.35. The summed E-state index contributed by atoms with van der Waals surface area (Å²) >= 11 is 0. The number of benzene rings is 2. The Balaban J connectivity index is 1.93. The van der Waals surface area contributed by atoms with Gasteiger partial charge in [0.1, 0.15) is 29.1 Å². The maximum Gasteiger partial charge on any atom is 0.338 e. The first-order valence-electron chi connectivity index (χ1n) is 7.34. The quantitative estimate of drug-likeness (QED) is 0.807. The highest BCUT2D eigenvalue weighted by molar-refractivity contribution is 5.92. The molecule has 0 radical (unpaired) electrons. The maximum atomic E-state index is 12.0. The van der Waals surface area contributed by atoms with E-state index in [1.807, 2.05) is 19.1 Å². The first-order valence-corrected chi connectivity index (χ1v) is 7.34. The minimum absolute atomic E-state index is 0.0321. The Labute approximate surface area is 134 Å². The topological polar surface area (TPSA) is 54.0 Å². The van der Waals surface area contributed by atoms with Crippen molar-refractivity contribution < 1.29 is 23.7 Å². The molecule has 0 saturated heterocycles. The number of esters is 1. The number of hydrogen-bond donors (Lipinski definition) is 0. The molecule has 0 aromatic heterocycles. The molecule has 0 N–H and O–H groups in total.